The van der Waals surface area contributed by atoms with Crippen molar-refractivity contribution in [2.24, 2.45) is 11.8 Å². The average molecular weight is 418 g/mol. The molecule has 0 spiro atoms. The number of aryl methyl sites for hydroxylation is 2. The minimum atomic E-state index is -3.05. The quantitative estimate of drug-likeness (QED) is 0.763. The summed E-state index contributed by atoms with van der Waals surface area (Å²) in [6.45, 7) is 5.54. The number of carbonyl (C=O) groups excluding carboxylic acids is 1. The molecule has 156 valence electrons. The standard InChI is InChI=1S/C11H15N5O.C9H12O2S/c17-11(10-3-12-15-14-10)16-4-6-7(5-16)9-2-1-8(6)13-9;1-7-4-8(2)6-9(5-7)12(3,10)11/h3,6-9,13H,1-2,4-5H2,(H,12,14,15);4-6H,1-3H3/t6-,7+,8-,9+;. The van der Waals surface area contributed by atoms with Gasteiger partial charge in [-0.3, -0.25) is 4.79 Å². The lowest BCUT2D eigenvalue weighted by atomic mass is 9.82. The average Bonchev–Trinajstić information content (AvgIpc) is 3.42. The van der Waals surface area contributed by atoms with Crippen LogP contribution in [0.2, 0.25) is 0 Å². The number of nitrogens with zero attached hydrogens (tertiary/aromatic N) is 3. The van der Waals surface area contributed by atoms with Crippen molar-refractivity contribution in [1.82, 2.24) is 25.6 Å². The minimum Gasteiger partial charge on any atom is -0.337 e. The summed E-state index contributed by atoms with van der Waals surface area (Å²) in [7, 11) is -3.05. The molecule has 5 rings (SSSR count). The van der Waals surface area contributed by atoms with Gasteiger partial charge < -0.3 is 10.2 Å². The molecule has 2 aromatic rings. The maximum atomic E-state index is 12.2. The first-order valence-corrected chi connectivity index (χ1v) is 11.8. The van der Waals surface area contributed by atoms with Gasteiger partial charge in [0.1, 0.15) is 0 Å². The second-order valence-corrected chi connectivity index (χ2v) is 10.5. The Labute approximate surface area is 171 Å². The van der Waals surface area contributed by atoms with Gasteiger partial charge in [-0.25, -0.2) is 8.42 Å². The fourth-order valence-corrected chi connectivity index (χ4v) is 5.76. The number of nitrogens with one attached hydrogen (secondary N) is 2. The maximum Gasteiger partial charge on any atom is 0.276 e. The van der Waals surface area contributed by atoms with E-state index in [9.17, 15) is 13.2 Å². The number of amides is 1. The van der Waals surface area contributed by atoms with Crippen molar-refractivity contribution in [2.45, 2.75) is 43.7 Å². The van der Waals surface area contributed by atoms with Crippen molar-refractivity contribution in [2.75, 3.05) is 19.3 Å². The van der Waals surface area contributed by atoms with Gasteiger partial charge in [0, 0.05) is 31.4 Å². The second kappa shape index (κ2) is 7.53. The molecular weight excluding hydrogens is 390 g/mol. The number of sulfone groups is 1. The summed E-state index contributed by atoms with van der Waals surface area (Å²) in [5, 5.41) is 13.7. The summed E-state index contributed by atoms with van der Waals surface area (Å²) in [5.41, 5.74) is 2.40. The predicted molar refractivity (Wildman–Crippen MR) is 108 cm³/mol. The molecule has 9 heteroatoms. The van der Waals surface area contributed by atoms with Crippen LogP contribution in [0.25, 0.3) is 0 Å². The number of rotatable bonds is 2. The maximum absolute atomic E-state index is 12.2. The number of carbonyl (C=O) groups is 1. The van der Waals surface area contributed by atoms with E-state index in [1.165, 1.54) is 25.3 Å². The predicted octanol–water partition coefficient (Wildman–Crippen LogP) is 1.33. The van der Waals surface area contributed by atoms with Gasteiger partial charge >= 0.3 is 0 Å². The molecule has 2 bridgehead atoms. The number of likely N-dealkylation sites (tertiary alicyclic amines) is 1. The van der Waals surface area contributed by atoms with Crippen molar-refractivity contribution in [3.63, 3.8) is 0 Å². The minimum absolute atomic E-state index is 0.0209. The highest BCUT2D eigenvalue weighted by atomic mass is 32.2. The molecule has 4 heterocycles. The molecule has 1 aromatic carbocycles. The Bertz CT molecular complexity index is 967. The van der Waals surface area contributed by atoms with Crippen molar-refractivity contribution >= 4 is 15.7 Å². The Morgan fingerprint density at radius 2 is 1.66 bits per heavy atom. The lowest BCUT2D eigenvalue weighted by Crippen LogP contribution is -2.35. The number of hydrogen-bond donors (Lipinski definition) is 2. The van der Waals surface area contributed by atoms with Crippen LogP contribution in [0.3, 0.4) is 0 Å². The Hall–Kier alpha value is -2.26. The third-order valence-corrected chi connectivity index (χ3v) is 7.30. The monoisotopic (exact) mass is 417 g/mol. The van der Waals surface area contributed by atoms with Crippen LogP contribution in [0, 0.1) is 25.7 Å². The summed E-state index contributed by atoms with van der Waals surface area (Å²) in [6, 6.07) is 6.60. The van der Waals surface area contributed by atoms with E-state index in [2.05, 4.69) is 20.7 Å². The van der Waals surface area contributed by atoms with E-state index < -0.39 is 9.84 Å². The highest BCUT2D eigenvalue weighted by Crippen LogP contribution is 2.43. The van der Waals surface area contributed by atoms with Crippen LogP contribution in [0.5, 0.6) is 0 Å². The second-order valence-electron chi connectivity index (χ2n) is 8.45. The zero-order valence-electron chi connectivity index (χ0n) is 16.9. The Kier molecular flexibility index (Phi) is 5.20. The van der Waals surface area contributed by atoms with Crippen LogP contribution < -0.4 is 5.32 Å². The van der Waals surface area contributed by atoms with E-state index in [-0.39, 0.29) is 5.91 Å². The van der Waals surface area contributed by atoms with Gasteiger partial charge in [0.05, 0.1) is 11.1 Å². The topological polar surface area (TPSA) is 108 Å². The van der Waals surface area contributed by atoms with Gasteiger partial charge in [-0.2, -0.15) is 15.4 Å². The van der Waals surface area contributed by atoms with Crippen LogP contribution in [-0.2, 0) is 9.84 Å². The number of benzene rings is 1. The molecule has 3 aliphatic heterocycles. The Morgan fingerprint density at radius 3 is 2.14 bits per heavy atom. The zero-order chi connectivity index (χ0) is 20.8. The smallest absolute Gasteiger partial charge is 0.276 e. The summed E-state index contributed by atoms with van der Waals surface area (Å²) in [5.74, 6) is 1.33. The number of aromatic amines is 1. The normalized spacial score (nSPS) is 27.5. The van der Waals surface area contributed by atoms with Gasteiger partial charge in [0.25, 0.3) is 5.91 Å². The summed E-state index contributed by atoms with van der Waals surface area (Å²) < 4.78 is 22.3. The molecule has 1 aromatic heterocycles. The van der Waals surface area contributed by atoms with Crippen molar-refractivity contribution in [3.05, 3.63) is 41.2 Å². The van der Waals surface area contributed by atoms with E-state index in [0.717, 1.165) is 24.2 Å². The van der Waals surface area contributed by atoms with E-state index in [1.54, 1.807) is 12.1 Å². The van der Waals surface area contributed by atoms with E-state index >= 15 is 0 Å². The van der Waals surface area contributed by atoms with Gasteiger partial charge in [0.15, 0.2) is 15.5 Å². The van der Waals surface area contributed by atoms with Crippen molar-refractivity contribution in [1.29, 1.82) is 0 Å². The number of fused-ring (bicyclic) bond motifs is 5. The highest BCUT2D eigenvalue weighted by Gasteiger charge is 2.52. The lowest BCUT2D eigenvalue weighted by molar-refractivity contribution is 0.0773. The number of aromatic nitrogens is 3. The molecule has 0 radical (unpaired) electrons. The molecule has 29 heavy (non-hydrogen) atoms. The van der Waals surface area contributed by atoms with Gasteiger partial charge in [-0.1, -0.05) is 6.07 Å². The van der Waals surface area contributed by atoms with Crippen molar-refractivity contribution < 1.29 is 13.2 Å². The van der Waals surface area contributed by atoms with E-state index in [4.69, 9.17) is 0 Å². The highest BCUT2D eigenvalue weighted by molar-refractivity contribution is 7.90. The summed E-state index contributed by atoms with van der Waals surface area (Å²) >= 11 is 0. The Balaban J connectivity index is 0.000000152. The molecule has 0 aliphatic carbocycles. The first-order chi connectivity index (χ1) is 13.7. The molecule has 4 atom stereocenters. The van der Waals surface area contributed by atoms with Gasteiger partial charge in [-0.15, -0.1) is 0 Å². The third kappa shape index (κ3) is 4.06. The van der Waals surface area contributed by atoms with Crippen LogP contribution >= 0.6 is 0 Å². The Morgan fingerprint density at radius 1 is 1.07 bits per heavy atom. The zero-order valence-corrected chi connectivity index (χ0v) is 17.7. The number of H-pyrrole nitrogens is 1. The first kappa shape index (κ1) is 20.0. The summed E-state index contributed by atoms with van der Waals surface area (Å²) in [4.78, 5) is 14.5. The first-order valence-electron chi connectivity index (χ1n) is 9.92. The number of hydrogen-bond acceptors (Lipinski definition) is 6. The molecule has 0 unspecified atom stereocenters. The molecule has 3 saturated heterocycles. The van der Waals surface area contributed by atoms with Crippen LogP contribution in [0.15, 0.2) is 29.3 Å². The van der Waals surface area contributed by atoms with Gasteiger partial charge in [0.2, 0.25) is 0 Å². The third-order valence-electron chi connectivity index (χ3n) is 6.21. The molecule has 8 nitrogen and oxygen atoms in total. The molecule has 3 aliphatic rings. The van der Waals surface area contributed by atoms with E-state index in [1.807, 2.05) is 24.8 Å². The summed E-state index contributed by atoms with van der Waals surface area (Å²) in [6.07, 6.45) is 5.28. The van der Waals surface area contributed by atoms with E-state index in [0.29, 0.717) is 34.5 Å². The fraction of sp³-hybridized carbons (Fsp3) is 0.550. The SMILES string of the molecule is Cc1cc(C)cc(S(C)(=O)=O)c1.O=C(c1cn[nH]n1)N1C[C@@H]2[C@H](C1)[C@@H]1CC[C@H]2N1. The molecule has 3 fully saturated rings. The van der Waals surface area contributed by atoms with Crippen molar-refractivity contribution in [3.8, 4) is 0 Å². The largest absolute Gasteiger partial charge is 0.337 e. The van der Waals surface area contributed by atoms with Gasteiger partial charge in [-0.05, 0) is 61.8 Å². The molecule has 0 saturated carbocycles. The van der Waals surface area contributed by atoms with Crippen LogP contribution in [0.1, 0.15) is 34.5 Å². The lowest BCUT2D eigenvalue weighted by Gasteiger charge is -2.19. The fourth-order valence-electron chi connectivity index (χ4n) is 4.96. The molecule has 2 N–H and O–H groups in total. The molecular formula is C20H27N5O3S. The molecule has 1 amide bonds. The van der Waals surface area contributed by atoms with Crippen LogP contribution in [-0.4, -0.2) is 66.1 Å². The van der Waals surface area contributed by atoms with Crippen LogP contribution in [0.4, 0.5) is 0 Å².